The maximum atomic E-state index is 8.63. The highest BCUT2D eigenvalue weighted by Crippen LogP contribution is 2.30. The SMILES string of the molecule is Clc1cc(-c2ccc(-c3cccnc3)cc2)nc(-c2ccccc2)n1.Clc1ccc(-c2cc(-c3ccc(-c4cccnc4)cc3)nc(-c3ccccc3)n2)cc1.OB(O)c1ccc(Cl)cc1. The Kier molecular flexibility index (Phi) is 15.1. The highest BCUT2D eigenvalue weighted by molar-refractivity contribution is 6.58. The van der Waals surface area contributed by atoms with Gasteiger partial charge in [0.1, 0.15) is 5.15 Å². The van der Waals surface area contributed by atoms with Crippen LogP contribution in [0.5, 0.6) is 0 Å². The smallest absolute Gasteiger partial charge is 0.423 e. The van der Waals surface area contributed by atoms with E-state index in [4.69, 9.17) is 54.8 Å². The standard InChI is InChI=1S/C27H18ClN3.C21H14ClN3.C6H6BClO2/c28-24-14-12-21(13-15-24)26-17-25(30-27(31-26)22-5-2-1-3-6-22)20-10-8-19(9-11-20)23-7-4-16-29-18-23;22-20-13-19(24-21(25-20)17-5-2-1-3-6-17)16-10-8-15(9-11-16)18-7-4-12-23-14-18;8-6-3-1-5(2-4-6)7(9)10/h1-18H;1-14H;1-4,9-10H. The third-order valence-electron chi connectivity index (χ3n) is 10.1. The zero-order valence-corrected chi connectivity index (χ0v) is 37.3. The first-order valence-electron chi connectivity index (χ1n) is 20.7. The van der Waals surface area contributed by atoms with Crippen molar-refractivity contribution in [2.75, 3.05) is 0 Å². The molecule has 0 aliphatic carbocycles. The van der Waals surface area contributed by atoms with Crippen molar-refractivity contribution in [3.63, 3.8) is 0 Å². The summed E-state index contributed by atoms with van der Waals surface area (Å²) in [4.78, 5) is 27.1. The molecule has 0 aliphatic rings. The molecule has 0 atom stereocenters. The Labute approximate surface area is 398 Å². The summed E-state index contributed by atoms with van der Waals surface area (Å²) in [6.07, 6.45) is 7.27. The second kappa shape index (κ2) is 22.0. The van der Waals surface area contributed by atoms with Crippen LogP contribution in [-0.4, -0.2) is 47.1 Å². The zero-order chi connectivity index (χ0) is 45.7. The molecule has 4 heterocycles. The van der Waals surface area contributed by atoms with E-state index < -0.39 is 7.12 Å². The highest BCUT2D eigenvalue weighted by Gasteiger charge is 2.12. The molecule has 0 fully saturated rings. The molecule has 0 aliphatic heterocycles. The van der Waals surface area contributed by atoms with Crippen LogP contribution in [0.25, 0.3) is 78.8 Å². The molecule has 12 heteroatoms. The minimum atomic E-state index is -1.41. The van der Waals surface area contributed by atoms with Gasteiger partial charge < -0.3 is 10.0 Å². The van der Waals surface area contributed by atoms with Gasteiger partial charge in [-0.25, -0.2) is 19.9 Å². The second-order valence-corrected chi connectivity index (χ2v) is 15.9. The highest BCUT2D eigenvalue weighted by atomic mass is 35.5. The lowest BCUT2D eigenvalue weighted by Gasteiger charge is -2.10. The zero-order valence-electron chi connectivity index (χ0n) is 35.1. The van der Waals surface area contributed by atoms with E-state index in [-0.39, 0.29) is 0 Å². The first-order chi connectivity index (χ1) is 32.3. The van der Waals surface area contributed by atoms with E-state index in [2.05, 4.69) is 62.4 Å². The Morgan fingerprint density at radius 1 is 0.333 bits per heavy atom. The Morgan fingerprint density at radius 3 is 1.11 bits per heavy atom. The lowest BCUT2D eigenvalue weighted by Crippen LogP contribution is -2.29. The van der Waals surface area contributed by atoms with Gasteiger partial charge in [-0.3, -0.25) is 9.97 Å². The Balaban J connectivity index is 0.000000151. The predicted octanol–water partition coefficient (Wildman–Crippen LogP) is 12.7. The van der Waals surface area contributed by atoms with Crippen molar-refractivity contribution in [2.45, 2.75) is 0 Å². The molecule has 0 spiro atoms. The molecule has 0 saturated carbocycles. The molecule has 320 valence electrons. The summed E-state index contributed by atoms with van der Waals surface area (Å²) in [6.45, 7) is 0. The number of benzene rings is 6. The Morgan fingerprint density at radius 2 is 0.697 bits per heavy atom. The minimum absolute atomic E-state index is 0.431. The van der Waals surface area contributed by atoms with Crippen molar-refractivity contribution < 1.29 is 10.0 Å². The summed E-state index contributed by atoms with van der Waals surface area (Å²) >= 11 is 17.9. The van der Waals surface area contributed by atoms with Gasteiger partial charge in [-0.15, -0.1) is 0 Å². The van der Waals surface area contributed by atoms with Gasteiger partial charge in [0.15, 0.2) is 11.6 Å². The summed E-state index contributed by atoms with van der Waals surface area (Å²) in [7, 11) is -1.41. The van der Waals surface area contributed by atoms with E-state index in [1.807, 2.05) is 134 Å². The van der Waals surface area contributed by atoms with E-state index in [1.54, 1.807) is 42.7 Å². The quantitative estimate of drug-likeness (QED) is 0.114. The summed E-state index contributed by atoms with van der Waals surface area (Å²) in [5.74, 6) is 1.32. The van der Waals surface area contributed by atoms with Gasteiger partial charge in [-0.1, -0.05) is 180 Å². The van der Waals surface area contributed by atoms with Gasteiger partial charge in [0.25, 0.3) is 0 Å². The lowest BCUT2D eigenvalue weighted by molar-refractivity contribution is 0.426. The Bertz CT molecular complexity index is 3100. The molecule has 66 heavy (non-hydrogen) atoms. The van der Waals surface area contributed by atoms with Crippen LogP contribution in [0.1, 0.15) is 0 Å². The van der Waals surface area contributed by atoms with E-state index >= 15 is 0 Å². The van der Waals surface area contributed by atoms with Crippen molar-refractivity contribution in [3.8, 4) is 78.8 Å². The van der Waals surface area contributed by atoms with Crippen LogP contribution in [0.3, 0.4) is 0 Å². The normalized spacial score (nSPS) is 10.5. The summed E-state index contributed by atoms with van der Waals surface area (Å²) in [5, 5.41) is 19.0. The number of aromatic nitrogens is 6. The first kappa shape index (κ1) is 45.2. The van der Waals surface area contributed by atoms with Gasteiger partial charge in [0.2, 0.25) is 0 Å². The first-order valence-corrected chi connectivity index (χ1v) is 21.8. The number of nitrogens with zero attached hydrogens (tertiary/aromatic N) is 6. The largest absolute Gasteiger partial charge is 0.488 e. The average Bonchev–Trinajstić information content (AvgIpc) is 3.38. The number of hydrogen-bond acceptors (Lipinski definition) is 8. The van der Waals surface area contributed by atoms with Crippen molar-refractivity contribution in [2.24, 2.45) is 0 Å². The number of pyridine rings is 2. The Hall–Kier alpha value is -7.37. The molecule has 0 saturated heterocycles. The molecule has 6 aromatic carbocycles. The number of hydrogen-bond donors (Lipinski definition) is 2. The van der Waals surface area contributed by atoms with Gasteiger partial charge in [-0.05, 0) is 70.2 Å². The third-order valence-corrected chi connectivity index (χ3v) is 10.8. The number of rotatable bonds is 8. The molecule has 8 nitrogen and oxygen atoms in total. The topological polar surface area (TPSA) is 118 Å². The molecule has 0 bridgehead atoms. The van der Waals surface area contributed by atoms with Gasteiger partial charge >= 0.3 is 7.12 Å². The van der Waals surface area contributed by atoms with Crippen LogP contribution in [0.2, 0.25) is 15.2 Å². The number of halogens is 3. The average molecular weight is 920 g/mol. The van der Waals surface area contributed by atoms with E-state index in [9.17, 15) is 0 Å². The molecular weight excluding hydrogens is 882 g/mol. The fraction of sp³-hybridized carbons (Fsp3) is 0. The molecule has 4 aromatic heterocycles. The summed E-state index contributed by atoms with van der Waals surface area (Å²) < 4.78 is 0. The minimum Gasteiger partial charge on any atom is -0.423 e. The van der Waals surface area contributed by atoms with E-state index in [0.29, 0.717) is 32.3 Å². The van der Waals surface area contributed by atoms with Crippen LogP contribution >= 0.6 is 34.8 Å². The van der Waals surface area contributed by atoms with Crippen molar-refractivity contribution in [1.29, 1.82) is 0 Å². The van der Waals surface area contributed by atoms with Gasteiger partial charge in [-0.2, -0.15) is 0 Å². The van der Waals surface area contributed by atoms with Crippen molar-refractivity contribution in [3.05, 3.63) is 234 Å². The monoisotopic (exact) mass is 918 g/mol. The van der Waals surface area contributed by atoms with E-state index in [1.165, 1.54) is 0 Å². The predicted molar refractivity (Wildman–Crippen MR) is 269 cm³/mol. The van der Waals surface area contributed by atoms with Crippen LogP contribution < -0.4 is 5.46 Å². The van der Waals surface area contributed by atoms with Crippen LogP contribution in [-0.2, 0) is 0 Å². The molecular formula is C54H38BCl3N6O2. The van der Waals surface area contributed by atoms with Crippen LogP contribution in [0.15, 0.2) is 219 Å². The molecule has 0 amide bonds. The van der Waals surface area contributed by atoms with Gasteiger partial charge in [0, 0.05) is 68.7 Å². The summed E-state index contributed by atoms with van der Waals surface area (Å²) in [6, 6.07) is 62.3. The van der Waals surface area contributed by atoms with Crippen LogP contribution in [0, 0.1) is 0 Å². The van der Waals surface area contributed by atoms with E-state index in [0.717, 1.165) is 67.2 Å². The summed E-state index contributed by atoms with van der Waals surface area (Å²) in [5.41, 5.74) is 12.3. The van der Waals surface area contributed by atoms with Crippen molar-refractivity contribution >= 4 is 47.4 Å². The fourth-order valence-electron chi connectivity index (χ4n) is 6.73. The van der Waals surface area contributed by atoms with Crippen molar-refractivity contribution in [1.82, 2.24) is 29.9 Å². The fourth-order valence-corrected chi connectivity index (χ4v) is 7.17. The molecule has 10 aromatic rings. The second-order valence-electron chi connectivity index (χ2n) is 14.7. The lowest BCUT2D eigenvalue weighted by atomic mass is 9.81. The maximum absolute atomic E-state index is 8.63. The molecule has 0 radical (unpaired) electrons. The molecule has 0 unspecified atom stereocenters. The third kappa shape index (κ3) is 12.0. The van der Waals surface area contributed by atoms with Gasteiger partial charge in [0.05, 0.1) is 17.1 Å². The molecule has 10 rings (SSSR count). The maximum Gasteiger partial charge on any atom is 0.488 e. The molecule has 2 N–H and O–H groups in total. The van der Waals surface area contributed by atoms with Crippen LogP contribution in [0.4, 0.5) is 0 Å².